The number of nitrogens with zero attached hydrogens (tertiary/aromatic N) is 2. The number of aromatic nitrogens is 2. The van der Waals surface area contributed by atoms with Crippen molar-refractivity contribution in [3.8, 4) is 0 Å². The Morgan fingerprint density at radius 1 is 1.41 bits per heavy atom. The van der Waals surface area contributed by atoms with E-state index < -0.39 is 0 Å². The summed E-state index contributed by atoms with van der Waals surface area (Å²) in [5, 5.41) is 10.6. The summed E-state index contributed by atoms with van der Waals surface area (Å²) in [6.45, 7) is 7.83. The van der Waals surface area contributed by atoms with E-state index in [1.807, 2.05) is 13.2 Å². The number of rotatable bonds is 1. The predicted octanol–water partition coefficient (Wildman–Crippen LogP) is 0.478. The third-order valence-corrected chi connectivity index (χ3v) is 2.91. The van der Waals surface area contributed by atoms with Gasteiger partial charge in [-0.25, -0.2) is 0 Å². The first-order valence-electron chi connectivity index (χ1n) is 5.94. The van der Waals surface area contributed by atoms with Gasteiger partial charge in [0.25, 0.3) is 0 Å². The number of carbonyl (C=O) groups is 1. The van der Waals surface area contributed by atoms with E-state index in [1.54, 1.807) is 4.68 Å². The molecule has 2 heterocycles. The Bertz CT molecular complexity index is 430. The van der Waals surface area contributed by atoms with Gasteiger partial charge in [0.1, 0.15) is 6.04 Å². The van der Waals surface area contributed by atoms with Crippen molar-refractivity contribution in [2.45, 2.75) is 32.2 Å². The Balaban J connectivity index is 2.40. The molecule has 5 nitrogen and oxygen atoms in total. The van der Waals surface area contributed by atoms with E-state index in [0.29, 0.717) is 6.54 Å². The van der Waals surface area contributed by atoms with Crippen LogP contribution in [-0.4, -0.2) is 28.8 Å². The zero-order valence-corrected chi connectivity index (χ0v) is 10.9. The fourth-order valence-electron chi connectivity index (χ4n) is 2.15. The van der Waals surface area contributed by atoms with Gasteiger partial charge in [0, 0.05) is 37.3 Å². The second-order valence-electron chi connectivity index (χ2n) is 5.53. The number of amides is 1. The van der Waals surface area contributed by atoms with E-state index in [0.717, 1.165) is 17.8 Å². The normalized spacial score (nSPS) is 21.4. The molecule has 1 aromatic rings. The lowest BCUT2D eigenvalue weighted by Gasteiger charge is -2.26. The number of piperazine rings is 1. The molecular formula is C12H20N4O. The highest BCUT2D eigenvalue weighted by atomic mass is 16.2. The van der Waals surface area contributed by atoms with Crippen LogP contribution in [0.25, 0.3) is 0 Å². The summed E-state index contributed by atoms with van der Waals surface area (Å²) in [5.74, 6) is 0.0368. The van der Waals surface area contributed by atoms with Gasteiger partial charge in [0.05, 0.1) is 5.69 Å². The van der Waals surface area contributed by atoms with E-state index in [1.165, 1.54) is 0 Å². The molecular weight excluding hydrogens is 216 g/mol. The maximum Gasteiger partial charge on any atom is 0.241 e. The highest BCUT2D eigenvalue weighted by molar-refractivity contribution is 5.84. The van der Waals surface area contributed by atoms with Crippen molar-refractivity contribution in [3.05, 3.63) is 17.5 Å². The summed E-state index contributed by atoms with van der Waals surface area (Å²) in [6, 6.07) is -0.272. The standard InChI is InChI=1S/C12H20N4O/c1-12(2,3)10-8(7-16(4)15-10)9-11(17)14-6-5-13-9/h7,9,13H,5-6H2,1-4H3,(H,14,17). The fraction of sp³-hybridized carbons (Fsp3) is 0.667. The minimum absolute atomic E-state index is 0.0368. The molecule has 1 aromatic heterocycles. The molecule has 2 rings (SSSR count). The second-order valence-corrected chi connectivity index (χ2v) is 5.53. The average molecular weight is 236 g/mol. The van der Waals surface area contributed by atoms with E-state index in [2.05, 4.69) is 36.5 Å². The molecule has 1 saturated heterocycles. The molecule has 2 N–H and O–H groups in total. The van der Waals surface area contributed by atoms with Crippen LogP contribution >= 0.6 is 0 Å². The van der Waals surface area contributed by atoms with Gasteiger partial charge in [-0.15, -0.1) is 0 Å². The van der Waals surface area contributed by atoms with Crippen LogP contribution in [0.15, 0.2) is 6.20 Å². The van der Waals surface area contributed by atoms with Crippen LogP contribution in [0.5, 0.6) is 0 Å². The molecule has 1 atom stereocenters. The lowest BCUT2D eigenvalue weighted by Crippen LogP contribution is -2.47. The average Bonchev–Trinajstić information content (AvgIpc) is 2.60. The Morgan fingerprint density at radius 2 is 2.12 bits per heavy atom. The smallest absolute Gasteiger partial charge is 0.241 e. The van der Waals surface area contributed by atoms with Gasteiger partial charge in [-0.1, -0.05) is 20.8 Å². The van der Waals surface area contributed by atoms with Crippen molar-refractivity contribution >= 4 is 5.91 Å². The summed E-state index contributed by atoms with van der Waals surface area (Å²) in [6.07, 6.45) is 1.93. The highest BCUT2D eigenvalue weighted by Gasteiger charge is 2.31. The molecule has 1 amide bonds. The van der Waals surface area contributed by atoms with Crippen LogP contribution in [0.1, 0.15) is 38.1 Å². The molecule has 0 saturated carbocycles. The molecule has 0 aliphatic carbocycles. The number of aryl methyl sites for hydroxylation is 1. The molecule has 0 bridgehead atoms. The summed E-state index contributed by atoms with van der Waals surface area (Å²) >= 11 is 0. The minimum Gasteiger partial charge on any atom is -0.353 e. The molecule has 17 heavy (non-hydrogen) atoms. The number of hydrogen-bond acceptors (Lipinski definition) is 3. The largest absolute Gasteiger partial charge is 0.353 e. The van der Waals surface area contributed by atoms with Gasteiger partial charge < -0.3 is 10.6 Å². The van der Waals surface area contributed by atoms with Gasteiger partial charge in [-0.2, -0.15) is 5.10 Å². The molecule has 5 heteroatoms. The molecule has 0 aromatic carbocycles. The third-order valence-electron chi connectivity index (χ3n) is 2.91. The van der Waals surface area contributed by atoms with Gasteiger partial charge in [-0.05, 0) is 0 Å². The van der Waals surface area contributed by atoms with Gasteiger partial charge in [0.15, 0.2) is 0 Å². The predicted molar refractivity (Wildman–Crippen MR) is 65.7 cm³/mol. The summed E-state index contributed by atoms with van der Waals surface area (Å²) < 4.78 is 1.78. The Kier molecular flexibility index (Phi) is 2.95. The van der Waals surface area contributed by atoms with Crippen LogP contribution < -0.4 is 10.6 Å². The fourth-order valence-corrected chi connectivity index (χ4v) is 2.15. The van der Waals surface area contributed by atoms with Gasteiger partial charge in [0.2, 0.25) is 5.91 Å². The van der Waals surface area contributed by atoms with Gasteiger partial charge >= 0.3 is 0 Å². The second kappa shape index (κ2) is 4.14. The Morgan fingerprint density at radius 3 is 2.71 bits per heavy atom. The van der Waals surface area contributed by atoms with Crippen LogP contribution in [0.2, 0.25) is 0 Å². The first-order chi connectivity index (χ1) is 7.89. The minimum atomic E-state index is -0.272. The number of nitrogens with one attached hydrogen (secondary N) is 2. The SMILES string of the molecule is Cn1cc(C2NCCNC2=O)c(C(C)(C)C)n1. The first-order valence-corrected chi connectivity index (χ1v) is 5.94. The summed E-state index contributed by atoms with van der Waals surface area (Å²) in [7, 11) is 1.89. The third kappa shape index (κ3) is 2.34. The molecule has 1 aliphatic rings. The highest BCUT2D eigenvalue weighted by Crippen LogP contribution is 2.28. The van der Waals surface area contributed by atoms with E-state index >= 15 is 0 Å². The summed E-state index contributed by atoms with van der Waals surface area (Å²) in [5.41, 5.74) is 1.91. The topological polar surface area (TPSA) is 59.0 Å². The Labute approximate surface area is 102 Å². The quantitative estimate of drug-likeness (QED) is 0.745. The molecule has 1 fully saturated rings. The van der Waals surface area contributed by atoms with Crippen LogP contribution in [0, 0.1) is 0 Å². The molecule has 1 aliphatic heterocycles. The lowest BCUT2D eigenvalue weighted by atomic mass is 9.87. The molecule has 0 radical (unpaired) electrons. The van der Waals surface area contributed by atoms with Crippen LogP contribution in [0.3, 0.4) is 0 Å². The number of carbonyl (C=O) groups excluding carboxylic acids is 1. The monoisotopic (exact) mass is 236 g/mol. The van der Waals surface area contributed by atoms with Crippen LogP contribution in [-0.2, 0) is 17.3 Å². The zero-order chi connectivity index (χ0) is 12.6. The van der Waals surface area contributed by atoms with E-state index in [-0.39, 0.29) is 17.4 Å². The molecule has 94 valence electrons. The van der Waals surface area contributed by atoms with E-state index in [4.69, 9.17) is 0 Å². The molecule has 1 unspecified atom stereocenters. The van der Waals surface area contributed by atoms with Crippen molar-refractivity contribution in [2.75, 3.05) is 13.1 Å². The van der Waals surface area contributed by atoms with Crippen molar-refractivity contribution in [1.82, 2.24) is 20.4 Å². The summed E-state index contributed by atoms with van der Waals surface area (Å²) in [4.78, 5) is 11.9. The first kappa shape index (κ1) is 12.1. The zero-order valence-electron chi connectivity index (χ0n) is 10.9. The Hall–Kier alpha value is -1.36. The van der Waals surface area contributed by atoms with Crippen molar-refractivity contribution in [2.24, 2.45) is 7.05 Å². The maximum absolute atomic E-state index is 11.9. The molecule has 0 spiro atoms. The van der Waals surface area contributed by atoms with Crippen molar-refractivity contribution < 1.29 is 4.79 Å². The van der Waals surface area contributed by atoms with Crippen molar-refractivity contribution in [3.63, 3.8) is 0 Å². The van der Waals surface area contributed by atoms with Crippen LogP contribution in [0.4, 0.5) is 0 Å². The number of hydrogen-bond donors (Lipinski definition) is 2. The van der Waals surface area contributed by atoms with E-state index in [9.17, 15) is 4.79 Å². The van der Waals surface area contributed by atoms with Gasteiger partial charge in [-0.3, -0.25) is 9.48 Å². The van der Waals surface area contributed by atoms with Crippen molar-refractivity contribution in [1.29, 1.82) is 0 Å². The maximum atomic E-state index is 11.9. The lowest BCUT2D eigenvalue weighted by molar-refractivity contribution is -0.124.